The lowest BCUT2D eigenvalue weighted by molar-refractivity contribution is -0.140. The summed E-state index contributed by atoms with van der Waals surface area (Å²) in [6.07, 6.45) is 8.61. The van der Waals surface area contributed by atoms with Gasteiger partial charge in [-0.3, -0.25) is 4.79 Å². The second-order valence-electron chi connectivity index (χ2n) is 8.04. The van der Waals surface area contributed by atoms with Crippen LogP contribution >= 0.6 is 0 Å². The van der Waals surface area contributed by atoms with Crippen LogP contribution in [0.25, 0.3) is 0 Å². The predicted octanol–water partition coefficient (Wildman–Crippen LogP) is 2.39. The second-order valence-corrected chi connectivity index (χ2v) is 8.04. The molecule has 2 aliphatic heterocycles. The summed E-state index contributed by atoms with van der Waals surface area (Å²) >= 11 is 0. The first-order valence-electron chi connectivity index (χ1n) is 8.99. The molecule has 0 spiro atoms. The number of nitrogens with one attached hydrogen (secondary N) is 1. The van der Waals surface area contributed by atoms with Crippen LogP contribution < -0.4 is 5.32 Å². The van der Waals surface area contributed by atoms with E-state index in [0.29, 0.717) is 12.0 Å². The Hall–Kier alpha value is -1.36. The van der Waals surface area contributed by atoms with Crippen LogP contribution in [0, 0.1) is 5.41 Å². The van der Waals surface area contributed by atoms with E-state index in [-0.39, 0.29) is 11.3 Å². The van der Waals surface area contributed by atoms with Crippen molar-refractivity contribution >= 4 is 5.91 Å². The molecule has 0 aliphatic carbocycles. The Morgan fingerprint density at radius 1 is 1.26 bits per heavy atom. The number of carbonyl (C=O) groups excluding carboxylic acids is 1. The van der Waals surface area contributed by atoms with Crippen molar-refractivity contribution in [2.75, 3.05) is 19.6 Å². The molecule has 2 aliphatic rings. The maximum atomic E-state index is 12.3. The topological polar surface area (TPSA) is 50.2 Å². The Bertz CT molecular complexity index is 537. The summed E-state index contributed by atoms with van der Waals surface area (Å²) in [5, 5.41) is 3.73. The molecule has 0 radical (unpaired) electrons. The average molecular weight is 318 g/mol. The molecule has 1 atom stereocenters. The van der Waals surface area contributed by atoms with Gasteiger partial charge in [0.05, 0.1) is 0 Å². The highest BCUT2D eigenvalue weighted by atomic mass is 16.2. The normalized spacial score (nSPS) is 22.9. The molecular weight excluding hydrogens is 288 g/mol. The van der Waals surface area contributed by atoms with Crippen LogP contribution in [0.5, 0.6) is 0 Å². The smallest absolute Gasteiger partial charge is 0.227 e. The zero-order valence-electron chi connectivity index (χ0n) is 14.7. The molecule has 5 nitrogen and oxygen atoms in total. The molecule has 0 bridgehead atoms. The molecule has 1 fully saturated rings. The highest BCUT2D eigenvalue weighted by molar-refractivity contribution is 5.81. The number of fused-ring (bicyclic) bond motifs is 1. The van der Waals surface area contributed by atoms with Gasteiger partial charge in [0.2, 0.25) is 5.91 Å². The van der Waals surface area contributed by atoms with Crippen molar-refractivity contribution in [1.29, 1.82) is 0 Å². The third-order valence-electron chi connectivity index (χ3n) is 5.14. The van der Waals surface area contributed by atoms with Gasteiger partial charge >= 0.3 is 0 Å². The molecule has 1 amide bonds. The molecule has 0 saturated carbocycles. The maximum Gasteiger partial charge on any atom is 0.227 e. The lowest BCUT2D eigenvalue weighted by atomic mass is 9.92. The van der Waals surface area contributed by atoms with E-state index >= 15 is 0 Å². The van der Waals surface area contributed by atoms with E-state index in [1.54, 1.807) is 0 Å². The molecule has 0 aromatic carbocycles. The standard InChI is InChI=1S/C18H30N4O/c1-18(2,3)17(23)22-10-6-15(7-11-22)20-13-14-5-4-9-21-12-8-19-16(14)21/h8,12,14-15,20H,4-7,9-11,13H2,1-3H3/t14-/m1/s1. The molecule has 3 heterocycles. The number of hydrogen-bond donors (Lipinski definition) is 1. The number of piperidine rings is 1. The Balaban J connectivity index is 1.46. The van der Waals surface area contributed by atoms with Crippen molar-refractivity contribution in [3.63, 3.8) is 0 Å². The van der Waals surface area contributed by atoms with Crippen LogP contribution in [0.2, 0.25) is 0 Å². The van der Waals surface area contributed by atoms with E-state index in [2.05, 4.69) is 21.1 Å². The highest BCUT2D eigenvalue weighted by Gasteiger charge is 2.30. The van der Waals surface area contributed by atoms with Gasteiger partial charge in [-0.2, -0.15) is 0 Å². The van der Waals surface area contributed by atoms with Crippen LogP contribution in [0.3, 0.4) is 0 Å². The van der Waals surface area contributed by atoms with Crippen molar-refractivity contribution in [3.8, 4) is 0 Å². The van der Waals surface area contributed by atoms with Crippen molar-refractivity contribution < 1.29 is 4.79 Å². The van der Waals surface area contributed by atoms with E-state index in [0.717, 1.165) is 39.0 Å². The molecule has 1 aromatic rings. The number of aromatic nitrogens is 2. The Morgan fingerprint density at radius 2 is 2.00 bits per heavy atom. The molecule has 23 heavy (non-hydrogen) atoms. The zero-order chi connectivity index (χ0) is 16.4. The molecule has 1 N–H and O–H groups in total. The first-order chi connectivity index (χ1) is 10.9. The van der Waals surface area contributed by atoms with Gasteiger partial charge in [-0.05, 0) is 25.7 Å². The molecular formula is C18H30N4O. The monoisotopic (exact) mass is 318 g/mol. The quantitative estimate of drug-likeness (QED) is 0.931. The van der Waals surface area contributed by atoms with Crippen molar-refractivity contribution in [3.05, 3.63) is 18.2 Å². The summed E-state index contributed by atoms with van der Waals surface area (Å²) in [6, 6.07) is 0.532. The summed E-state index contributed by atoms with van der Waals surface area (Å²) in [5.41, 5.74) is -0.264. The van der Waals surface area contributed by atoms with Gasteiger partial charge in [-0.25, -0.2) is 4.98 Å². The van der Waals surface area contributed by atoms with Crippen LogP contribution in [-0.4, -0.2) is 46.0 Å². The van der Waals surface area contributed by atoms with E-state index in [1.165, 1.54) is 18.7 Å². The average Bonchev–Trinajstić information content (AvgIpc) is 3.01. The summed E-state index contributed by atoms with van der Waals surface area (Å²) in [5.74, 6) is 2.06. The van der Waals surface area contributed by atoms with Gasteiger partial charge < -0.3 is 14.8 Å². The lowest BCUT2D eigenvalue weighted by Crippen LogP contribution is -2.48. The fourth-order valence-corrected chi connectivity index (χ4v) is 3.77. The Morgan fingerprint density at radius 3 is 2.70 bits per heavy atom. The van der Waals surface area contributed by atoms with Crippen molar-refractivity contribution in [2.45, 2.75) is 65.0 Å². The van der Waals surface area contributed by atoms with Crippen LogP contribution in [-0.2, 0) is 11.3 Å². The first kappa shape index (κ1) is 16.5. The number of hydrogen-bond acceptors (Lipinski definition) is 3. The summed E-state index contributed by atoms with van der Waals surface area (Å²) < 4.78 is 2.29. The number of amides is 1. The third-order valence-corrected chi connectivity index (χ3v) is 5.14. The van der Waals surface area contributed by atoms with E-state index in [1.807, 2.05) is 31.9 Å². The highest BCUT2D eigenvalue weighted by Crippen LogP contribution is 2.26. The minimum absolute atomic E-state index is 0.264. The van der Waals surface area contributed by atoms with Crippen molar-refractivity contribution in [2.24, 2.45) is 5.41 Å². The number of rotatable bonds is 3. The van der Waals surface area contributed by atoms with Crippen molar-refractivity contribution in [1.82, 2.24) is 19.8 Å². The first-order valence-corrected chi connectivity index (χ1v) is 8.99. The van der Waals surface area contributed by atoms with Gasteiger partial charge in [0.1, 0.15) is 5.82 Å². The number of carbonyl (C=O) groups is 1. The molecule has 1 saturated heterocycles. The minimum Gasteiger partial charge on any atom is -0.342 e. The van der Waals surface area contributed by atoms with E-state index in [4.69, 9.17) is 0 Å². The van der Waals surface area contributed by atoms with Gasteiger partial charge in [0, 0.05) is 55.9 Å². The fourth-order valence-electron chi connectivity index (χ4n) is 3.77. The summed E-state index contributed by atoms with van der Waals surface area (Å²) in [4.78, 5) is 18.9. The van der Waals surface area contributed by atoms with Crippen LogP contribution in [0.4, 0.5) is 0 Å². The zero-order valence-corrected chi connectivity index (χ0v) is 14.7. The second kappa shape index (κ2) is 6.63. The predicted molar refractivity (Wildman–Crippen MR) is 91.3 cm³/mol. The van der Waals surface area contributed by atoms with Gasteiger partial charge in [0.15, 0.2) is 0 Å². The van der Waals surface area contributed by atoms with Crippen LogP contribution in [0.15, 0.2) is 12.4 Å². The number of nitrogens with zero attached hydrogens (tertiary/aromatic N) is 3. The molecule has 128 valence electrons. The van der Waals surface area contributed by atoms with Gasteiger partial charge in [0.25, 0.3) is 0 Å². The molecule has 0 unspecified atom stereocenters. The van der Waals surface area contributed by atoms with E-state index in [9.17, 15) is 4.79 Å². The van der Waals surface area contributed by atoms with E-state index < -0.39 is 0 Å². The molecule has 3 rings (SSSR count). The molecule has 5 heteroatoms. The SMILES string of the molecule is CC(C)(C)C(=O)N1CCC(NC[C@H]2CCCn3ccnc32)CC1. The number of aryl methyl sites for hydroxylation is 1. The number of imidazole rings is 1. The summed E-state index contributed by atoms with van der Waals surface area (Å²) in [6.45, 7) is 9.90. The summed E-state index contributed by atoms with van der Waals surface area (Å²) in [7, 11) is 0. The van der Waals surface area contributed by atoms with Gasteiger partial charge in [-0.1, -0.05) is 20.8 Å². The third kappa shape index (κ3) is 3.77. The number of likely N-dealkylation sites (tertiary alicyclic amines) is 1. The molecule has 1 aromatic heterocycles. The minimum atomic E-state index is -0.264. The van der Waals surface area contributed by atoms with Gasteiger partial charge in [-0.15, -0.1) is 0 Å². The Kier molecular flexibility index (Phi) is 4.76. The Labute approximate surface area is 139 Å². The largest absolute Gasteiger partial charge is 0.342 e. The maximum absolute atomic E-state index is 12.3. The lowest BCUT2D eigenvalue weighted by Gasteiger charge is -2.36. The van der Waals surface area contributed by atoms with Crippen LogP contribution in [0.1, 0.15) is 58.2 Å². The fraction of sp³-hybridized carbons (Fsp3) is 0.778.